The van der Waals surface area contributed by atoms with Crippen molar-refractivity contribution < 1.29 is 13.9 Å². The Labute approximate surface area is 94.1 Å². The van der Waals surface area contributed by atoms with Gasteiger partial charge < -0.3 is 10.8 Å². The highest BCUT2D eigenvalue weighted by Gasteiger charge is 2.25. The molecule has 90 valence electrons. The molecule has 0 saturated carbocycles. The molecule has 0 aliphatic carbocycles. The maximum atomic E-state index is 13.4. The van der Waals surface area contributed by atoms with Gasteiger partial charge >= 0.3 is 0 Å². The third-order valence-corrected chi connectivity index (χ3v) is 2.81. The molecule has 4 heteroatoms. The average Bonchev–Trinajstić information content (AvgIpc) is 2.22. The summed E-state index contributed by atoms with van der Waals surface area (Å²) in [5, 5.41) is 9.97. The molecule has 0 heterocycles. The number of halogens is 2. The summed E-state index contributed by atoms with van der Waals surface area (Å²) < 4.78 is 26.4. The molecule has 0 amide bonds. The number of hydrogen-bond donors (Lipinski definition) is 2. The Kier molecular flexibility index (Phi) is 4.38. The summed E-state index contributed by atoms with van der Waals surface area (Å²) in [6.45, 7) is 4.00. The Hall–Kier alpha value is -1.00. The molecule has 0 radical (unpaired) electrons. The van der Waals surface area contributed by atoms with Crippen molar-refractivity contribution in [2.45, 2.75) is 20.0 Å². The fourth-order valence-corrected chi connectivity index (χ4v) is 1.74. The van der Waals surface area contributed by atoms with E-state index in [4.69, 9.17) is 5.73 Å². The third-order valence-electron chi connectivity index (χ3n) is 2.81. The van der Waals surface area contributed by atoms with Gasteiger partial charge in [-0.25, -0.2) is 8.78 Å². The second-order valence-electron chi connectivity index (χ2n) is 4.25. The Morgan fingerprint density at radius 2 is 1.94 bits per heavy atom. The number of aliphatic hydroxyl groups is 1. The molecular formula is C12H17F2NO. The van der Waals surface area contributed by atoms with Crippen LogP contribution in [-0.2, 0) is 0 Å². The lowest BCUT2D eigenvalue weighted by Gasteiger charge is -2.25. The van der Waals surface area contributed by atoms with Gasteiger partial charge in [0.05, 0.1) is 6.10 Å². The van der Waals surface area contributed by atoms with Crippen molar-refractivity contribution in [3.05, 3.63) is 35.4 Å². The SMILES string of the molecule is CC(C)C(CN)C(O)c1cc(F)ccc1F. The zero-order valence-corrected chi connectivity index (χ0v) is 9.45. The first kappa shape index (κ1) is 13.1. The Morgan fingerprint density at radius 3 is 2.44 bits per heavy atom. The summed E-state index contributed by atoms with van der Waals surface area (Å²) >= 11 is 0. The van der Waals surface area contributed by atoms with E-state index in [-0.39, 0.29) is 23.9 Å². The van der Waals surface area contributed by atoms with Crippen LogP contribution in [0.2, 0.25) is 0 Å². The van der Waals surface area contributed by atoms with Gasteiger partial charge in [-0.15, -0.1) is 0 Å². The standard InChI is InChI=1S/C12H17F2NO/c1-7(2)10(6-15)12(16)9-5-8(13)3-4-11(9)14/h3-5,7,10,12,16H,6,15H2,1-2H3. The summed E-state index contributed by atoms with van der Waals surface area (Å²) in [5.41, 5.74) is 5.50. The first-order valence-electron chi connectivity index (χ1n) is 5.30. The first-order valence-corrected chi connectivity index (χ1v) is 5.30. The lowest BCUT2D eigenvalue weighted by Crippen LogP contribution is -2.27. The van der Waals surface area contributed by atoms with Gasteiger partial charge in [0.1, 0.15) is 11.6 Å². The molecule has 0 saturated heterocycles. The zero-order valence-electron chi connectivity index (χ0n) is 9.45. The highest BCUT2D eigenvalue weighted by Crippen LogP contribution is 2.29. The summed E-state index contributed by atoms with van der Waals surface area (Å²) in [6, 6.07) is 3.06. The lowest BCUT2D eigenvalue weighted by molar-refractivity contribution is 0.0825. The Morgan fingerprint density at radius 1 is 1.31 bits per heavy atom. The van der Waals surface area contributed by atoms with Gasteiger partial charge in [-0.2, -0.15) is 0 Å². The molecule has 1 rings (SSSR count). The summed E-state index contributed by atoms with van der Waals surface area (Å²) in [4.78, 5) is 0. The van der Waals surface area contributed by atoms with Crippen LogP contribution in [0.15, 0.2) is 18.2 Å². The van der Waals surface area contributed by atoms with E-state index in [0.717, 1.165) is 18.2 Å². The summed E-state index contributed by atoms with van der Waals surface area (Å²) in [7, 11) is 0. The van der Waals surface area contributed by atoms with Gasteiger partial charge in [-0.05, 0) is 30.7 Å². The van der Waals surface area contributed by atoms with Crippen LogP contribution in [0.3, 0.4) is 0 Å². The zero-order chi connectivity index (χ0) is 12.3. The Bertz CT molecular complexity index is 355. The monoisotopic (exact) mass is 229 g/mol. The minimum absolute atomic E-state index is 0.0239. The van der Waals surface area contributed by atoms with Gasteiger partial charge in [-0.3, -0.25) is 0 Å². The van der Waals surface area contributed by atoms with Crippen LogP contribution in [0, 0.1) is 23.5 Å². The molecule has 2 atom stereocenters. The minimum Gasteiger partial charge on any atom is -0.388 e. The predicted molar refractivity (Wildman–Crippen MR) is 58.7 cm³/mol. The summed E-state index contributed by atoms with van der Waals surface area (Å²) in [6.07, 6.45) is -1.07. The molecule has 0 aromatic heterocycles. The molecule has 0 spiro atoms. The Balaban J connectivity index is 3.02. The topological polar surface area (TPSA) is 46.2 Å². The maximum Gasteiger partial charge on any atom is 0.129 e. The van der Waals surface area contributed by atoms with Crippen molar-refractivity contribution in [1.82, 2.24) is 0 Å². The van der Waals surface area contributed by atoms with E-state index in [1.807, 2.05) is 13.8 Å². The fourth-order valence-electron chi connectivity index (χ4n) is 1.74. The highest BCUT2D eigenvalue weighted by molar-refractivity contribution is 5.21. The number of benzene rings is 1. The molecule has 0 bridgehead atoms. The number of aliphatic hydroxyl groups excluding tert-OH is 1. The predicted octanol–water partition coefficient (Wildman–Crippen LogP) is 2.23. The second kappa shape index (κ2) is 5.37. The summed E-state index contributed by atoms with van der Waals surface area (Å²) in [5.74, 6) is -1.35. The smallest absolute Gasteiger partial charge is 0.129 e. The lowest BCUT2D eigenvalue weighted by atomic mass is 9.86. The van der Waals surface area contributed by atoms with E-state index in [1.165, 1.54) is 0 Å². The van der Waals surface area contributed by atoms with Crippen molar-refractivity contribution in [3.63, 3.8) is 0 Å². The maximum absolute atomic E-state index is 13.4. The van der Waals surface area contributed by atoms with Gasteiger partial charge in [0.15, 0.2) is 0 Å². The van der Waals surface area contributed by atoms with Crippen LogP contribution in [0.4, 0.5) is 8.78 Å². The first-order chi connectivity index (χ1) is 7.47. The van der Waals surface area contributed by atoms with E-state index < -0.39 is 17.7 Å². The van der Waals surface area contributed by atoms with Gasteiger partial charge in [-0.1, -0.05) is 13.8 Å². The average molecular weight is 229 g/mol. The molecule has 1 aromatic carbocycles. The van der Waals surface area contributed by atoms with Crippen molar-refractivity contribution in [2.24, 2.45) is 17.6 Å². The largest absolute Gasteiger partial charge is 0.388 e. The van der Waals surface area contributed by atoms with Crippen LogP contribution < -0.4 is 5.73 Å². The van der Waals surface area contributed by atoms with Crippen LogP contribution in [0.1, 0.15) is 25.5 Å². The van der Waals surface area contributed by atoms with Gasteiger partial charge in [0, 0.05) is 11.5 Å². The molecule has 0 aliphatic heterocycles. The van der Waals surface area contributed by atoms with Crippen molar-refractivity contribution >= 4 is 0 Å². The van der Waals surface area contributed by atoms with Crippen molar-refractivity contribution in [1.29, 1.82) is 0 Å². The van der Waals surface area contributed by atoms with E-state index in [9.17, 15) is 13.9 Å². The third kappa shape index (κ3) is 2.77. The van der Waals surface area contributed by atoms with Crippen LogP contribution in [0.5, 0.6) is 0 Å². The van der Waals surface area contributed by atoms with E-state index in [2.05, 4.69) is 0 Å². The number of nitrogens with two attached hydrogens (primary N) is 1. The van der Waals surface area contributed by atoms with Crippen LogP contribution in [0.25, 0.3) is 0 Å². The van der Waals surface area contributed by atoms with E-state index in [0.29, 0.717) is 0 Å². The molecule has 0 aliphatic rings. The molecule has 2 nitrogen and oxygen atoms in total. The molecule has 0 fully saturated rings. The second-order valence-corrected chi connectivity index (χ2v) is 4.25. The number of rotatable bonds is 4. The van der Waals surface area contributed by atoms with Crippen LogP contribution >= 0.6 is 0 Å². The van der Waals surface area contributed by atoms with E-state index >= 15 is 0 Å². The number of hydrogen-bond acceptors (Lipinski definition) is 2. The molecular weight excluding hydrogens is 212 g/mol. The van der Waals surface area contributed by atoms with Crippen molar-refractivity contribution in [2.75, 3.05) is 6.54 Å². The highest BCUT2D eigenvalue weighted by atomic mass is 19.1. The van der Waals surface area contributed by atoms with Gasteiger partial charge in [0.25, 0.3) is 0 Å². The quantitative estimate of drug-likeness (QED) is 0.831. The minimum atomic E-state index is -1.07. The van der Waals surface area contributed by atoms with E-state index in [1.54, 1.807) is 0 Å². The van der Waals surface area contributed by atoms with Crippen LogP contribution in [-0.4, -0.2) is 11.7 Å². The molecule has 16 heavy (non-hydrogen) atoms. The normalized spacial score (nSPS) is 15.2. The van der Waals surface area contributed by atoms with Gasteiger partial charge in [0.2, 0.25) is 0 Å². The molecule has 2 unspecified atom stereocenters. The van der Waals surface area contributed by atoms with Crippen molar-refractivity contribution in [3.8, 4) is 0 Å². The molecule has 1 aromatic rings. The molecule has 3 N–H and O–H groups in total. The fraction of sp³-hybridized carbons (Fsp3) is 0.500.